The monoisotopic (exact) mass is 272 g/mol. The lowest BCUT2D eigenvalue weighted by molar-refractivity contribution is 0.414. The Morgan fingerprint density at radius 2 is 2.20 bits per heavy atom. The highest BCUT2D eigenvalue weighted by atomic mass is 19.1. The molecule has 0 spiro atoms. The Kier molecular flexibility index (Phi) is 4.45. The molecule has 3 nitrogen and oxygen atoms in total. The molecule has 0 aliphatic carbocycles. The molecule has 4 heteroatoms. The van der Waals surface area contributed by atoms with Crippen molar-refractivity contribution < 1.29 is 9.13 Å². The zero-order chi connectivity index (χ0) is 14.5. The maximum absolute atomic E-state index is 13.6. The van der Waals surface area contributed by atoms with Gasteiger partial charge in [-0.15, -0.1) is 0 Å². The number of pyridine rings is 1. The molecule has 1 unspecified atom stereocenters. The Bertz CT molecular complexity index is 613. The number of methoxy groups -OCH3 is 1. The number of aromatic nitrogens is 1. The smallest absolute Gasteiger partial charge is 0.145 e. The van der Waals surface area contributed by atoms with Crippen LogP contribution in [0.1, 0.15) is 24.8 Å². The molecule has 0 bridgehead atoms. The van der Waals surface area contributed by atoms with Gasteiger partial charge in [-0.2, -0.15) is 0 Å². The molecule has 0 amide bonds. The molecule has 104 valence electrons. The van der Waals surface area contributed by atoms with Gasteiger partial charge in [-0.3, -0.25) is 4.98 Å². The highest BCUT2D eigenvalue weighted by Gasteiger charge is 2.17. The molecule has 0 saturated carbocycles. The van der Waals surface area contributed by atoms with Crippen LogP contribution in [0.3, 0.4) is 0 Å². The van der Waals surface area contributed by atoms with E-state index in [0.29, 0.717) is 17.0 Å². The van der Waals surface area contributed by atoms with Gasteiger partial charge in [0.05, 0.1) is 7.11 Å². The number of benzene rings is 1. The third-order valence-corrected chi connectivity index (χ3v) is 3.30. The molecule has 0 aliphatic heterocycles. The predicted molar refractivity (Wildman–Crippen MR) is 78.0 cm³/mol. The molecule has 2 rings (SSSR count). The van der Waals surface area contributed by atoms with Gasteiger partial charge >= 0.3 is 0 Å². The maximum atomic E-state index is 13.6. The van der Waals surface area contributed by atoms with Gasteiger partial charge in [-0.25, -0.2) is 4.39 Å². The summed E-state index contributed by atoms with van der Waals surface area (Å²) in [7, 11) is 1.56. The maximum Gasteiger partial charge on any atom is 0.145 e. The first-order valence-corrected chi connectivity index (χ1v) is 6.50. The van der Waals surface area contributed by atoms with Gasteiger partial charge in [0.2, 0.25) is 0 Å². The van der Waals surface area contributed by atoms with E-state index >= 15 is 0 Å². The molecule has 1 atom stereocenters. The first-order valence-electron chi connectivity index (χ1n) is 6.50. The van der Waals surface area contributed by atoms with E-state index in [1.165, 1.54) is 18.3 Å². The minimum absolute atomic E-state index is 0.0580. The summed E-state index contributed by atoms with van der Waals surface area (Å²) >= 11 is 0. The van der Waals surface area contributed by atoms with Crippen molar-refractivity contribution in [2.24, 2.45) is 0 Å². The van der Waals surface area contributed by atoms with Crippen molar-refractivity contribution in [3.8, 4) is 17.0 Å². The molecule has 2 aromatic rings. The minimum atomic E-state index is -0.323. The first-order chi connectivity index (χ1) is 9.71. The van der Waals surface area contributed by atoms with Gasteiger partial charge in [0.15, 0.2) is 0 Å². The van der Waals surface area contributed by atoms with E-state index in [4.69, 9.17) is 10.1 Å². The summed E-state index contributed by atoms with van der Waals surface area (Å²) in [6.07, 6.45) is 3.81. The average molecular weight is 272 g/mol. The van der Waals surface area contributed by atoms with Crippen LogP contribution in [-0.4, -0.2) is 18.3 Å². The molecule has 1 heterocycles. The van der Waals surface area contributed by atoms with Crippen molar-refractivity contribution in [3.05, 3.63) is 47.9 Å². The number of rotatable bonds is 5. The van der Waals surface area contributed by atoms with E-state index in [1.54, 1.807) is 31.5 Å². The Morgan fingerprint density at radius 3 is 2.85 bits per heavy atom. The lowest BCUT2D eigenvalue weighted by Crippen LogP contribution is -2.03. The van der Waals surface area contributed by atoms with Crippen molar-refractivity contribution in [1.82, 2.24) is 4.98 Å². The summed E-state index contributed by atoms with van der Waals surface area (Å²) in [5, 5.41) is 7.54. The zero-order valence-corrected chi connectivity index (χ0v) is 11.6. The summed E-state index contributed by atoms with van der Waals surface area (Å²) < 4.78 is 18.9. The number of nitrogens with one attached hydrogen (secondary N) is 1. The summed E-state index contributed by atoms with van der Waals surface area (Å²) in [5.41, 5.74) is 2.17. The number of halogens is 1. The normalized spacial score (nSPS) is 11.9. The van der Waals surface area contributed by atoms with Gasteiger partial charge in [-0.05, 0) is 36.2 Å². The fraction of sp³-hybridized carbons (Fsp3) is 0.250. The lowest BCUT2D eigenvalue weighted by atomic mass is 9.91. The highest BCUT2D eigenvalue weighted by molar-refractivity contribution is 5.76. The molecular formula is C16H17FN2O. The van der Waals surface area contributed by atoms with Gasteiger partial charge in [-0.1, -0.05) is 13.0 Å². The summed E-state index contributed by atoms with van der Waals surface area (Å²) in [6.45, 7) is 2.00. The lowest BCUT2D eigenvalue weighted by Gasteiger charge is -2.16. The van der Waals surface area contributed by atoms with Crippen LogP contribution in [0.5, 0.6) is 5.75 Å². The summed E-state index contributed by atoms with van der Waals surface area (Å²) in [5.74, 6) is 0.216. The van der Waals surface area contributed by atoms with Crippen LogP contribution >= 0.6 is 0 Å². The van der Waals surface area contributed by atoms with E-state index in [-0.39, 0.29) is 11.7 Å². The van der Waals surface area contributed by atoms with Crippen molar-refractivity contribution in [1.29, 1.82) is 5.41 Å². The molecule has 0 aliphatic rings. The van der Waals surface area contributed by atoms with Crippen molar-refractivity contribution >= 4 is 6.21 Å². The Balaban J connectivity index is 2.65. The molecule has 1 N–H and O–H groups in total. The summed E-state index contributed by atoms with van der Waals surface area (Å²) in [4.78, 5) is 4.31. The Hall–Kier alpha value is -2.23. The van der Waals surface area contributed by atoms with E-state index in [1.807, 2.05) is 6.92 Å². The fourth-order valence-corrected chi connectivity index (χ4v) is 2.24. The quantitative estimate of drug-likeness (QED) is 0.835. The fourth-order valence-electron chi connectivity index (χ4n) is 2.24. The van der Waals surface area contributed by atoms with Crippen LogP contribution in [0.2, 0.25) is 0 Å². The van der Waals surface area contributed by atoms with Crippen LogP contribution < -0.4 is 4.74 Å². The largest absolute Gasteiger partial charge is 0.494 e. The zero-order valence-electron chi connectivity index (χ0n) is 11.6. The van der Waals surface area contributed by atoms with Crippen LogP contribution in [0.4, 0.5) is 4.39 Å². The average Bonchev–Trinajstić information content (AvgIpc) is 2.49. The second kappa shape index (κ2) is 6.28. The molecule has 0 fully saturated rings. The minimum Gasteiger partial charge on any atom is -0.494 e. The molecule has 20 heavy (non-hydrogen) atoms. The Morgan fingerprint density at radius 1 is 1.40 bits per heavy atom. The number of hydrogen-bond acceptors (Lipinski definition) is 3. The van der Waals surface area contributed by atoms with E-state index in [2.05, 4.69) is 4.98 Å². The van der Waals surface area contributed by atoms with Gasteiger partial charge in [0.1, 0.15) is 17.3 Å². The van der Waals surface area contributed by atoms with Crippen LogP contribution in [0.25, 0.3) is 11.3 Å². The number of hydrogen-bond donors (Lipinski definition) is 1. The van der Waals surface area contributed by atoms with Gasteiger partial charge in [0, 0.05) is 23.9 Å². The number of nitrogens with zero attached hydrogens (tertiary/aromatic N) is 1. The SMILES string of the molecule is CCC(C=N)c1ccc(F)cc1-c1ncccc1OC. The molecule has 0 saturated heterocycles. The second-order valence-electron chi connectivity index (χ2n) is 4.47. The van der Waals surface area contributed by atoms with E-state index in [9.17, 15) is 4.39 Å². The van der Waals surface area contributed by atoms with Crippen LogP contribution in [-0.2, 0) is 0 Å². The van der Waals surface area contributed by atoms with Crippen LogP contribution in [0, 0.1) is 11.2 Å². The van der Waals surface area contributed by atoms with Crippen molar-refractivity contribution in [3.63, 3.8) is 0 Å². The van der Waals surface area contributed by atoms with Gasteiger partial charge < -0.3 is 10.1 Å². The third kappa shape index (κ3) is 2.69. The topological polar surface area (TPSA) is 46.0 Å². The third-order valence-electron chi connectivity index (χ3n) is 3.30. The van der Waals surface area contributed by atoms with Gasteiger partial charge in [0.25, 0.3) is 0 Å². The number of ether oxygens (including phenoxy) is 1. The first kappa shape index (κ1) is 14.2. The van der Waals surface area contributed by atoms with Crippen molar-refractivity contribution in [2.45, 2.75) is 19.3 Å². The molecular weight excluding hydrogens is 255 g/mol. The van der Waals surface area contributed by atoms with Crippen LogP contribution in [0.15, 0.2) is 36.5 Å². The van der Waals surface area contributed by atoms with Crippen molar-refractivity contribution in [2.75, 3.05) is 7.11 Å². The standard InChI is InChI=1S/C16H17FN2O/c1-3-11(10-18)13-7-6-12(17)9-14(13)16-15(20-2)5-4-8-19-16/h4-11,18H,3H2,1-2H3. The second-order valence-corrected chi connectivity index (χ2v) is 4.47. The Labute approximate surface area is 117 Å². The predicted octanol–water partition coefficient (Wildman–Crippen LogP) is 4.04. The molecule has 0 radical (unpaired) electrons. The molecule has 1 aromatic heterocycles. The highest BCUT2D eigenvalue weighted by Crippen LogP contribution is 2.34. The summed E-state index contributed by atoms with van der Waals surface area (Å²) in [6, 6.07) is 8.16. The van der Waals surface area contributed by atoms with E-state index in [0.717, 1.165) is 12.0 Å². The molecule has 1 aromatic carbocycles. The van der Waals surface area contributed by atoms with E-state index < -0.39 is 0 Å².